The van der Waals surface area contributed by atoms with E-state index in [0.29, 0.717) is 5.92 Å². The minimum Gasteiger partial charge on any atom is -0.249 e. The number of hydrogen-bond acceptors (Lipinski definition) is 1. The number of amidine groups is 1. The SMILES string of the molecule is C=NC(=Nc1ccc(P)cc1)C1CC1. The highest BCUT2D eigenvalue weighted by Crippen LogP contribution is 2.32. The van der Waals surface area contributed by atoms with E-state index in [0.717, 1.165) is 11.5 Å². The molecule has 0 N–H and O–H groups in total. The van der Waals surface area contributed by atoms with Gasteiger partial charge in [-0.05, 0) is 37.0 Å². The van der Waals surface area contributed by atoms with Crippen molar-refractivity contribution in [1.82, 2.24) is 0 Å². The van der Waals surface area contributed by atoms with Gasteiger partial charge in [0.2, 0.25) is 0 Å². The molecule has 3 heteroatoms. The molecule has 0 aromatic heterocycles. The van der Waals surface area contributed by atoms with Crippen LogP contribution in [0.25, 0.3) is 0 Å². The molecule has 1 aromatic rings. The lowest BCUT2D eigenvalue weighted by atomic mass is 10.3. The minimum atomic E-state index is 0.558. The summed E-state index contributed by atoms with van der Waals surface area (Å²) >= 11 is 0. The largest absolute Gasteiger partial charge is 0.249 e. The van der Waals surface area contributed by atoms with E-state index in [1.807, 2.05) is 24.3 Å². The Hall–Kier alpha value is -1.01. The molecule has 1 atom stereocenters. The molecule has 0 spiro atoms. The summed E-state index contributed by atoms with van der Waals surface area (Å²) in [5, 5.41) is 1.17. The van der Waals surface area contributed by atoms with Crippen LogP contribution in [0, 0.1) is 5.92 Å². The number of aliphatic imine (C=N–C) groups is 2. The Bertz CT molecular complexity index is 363. The molecule has 0 bridgehead atoms. The van der Waals surface area contributed by atoms with Gasteiger partial charge in [-0.2, -0.15) is 0 Å². The lowest BCUT2D eigenvalue weighted by Gasteiger charge is -1.98. The highest BCUT2D eigenvalue weighted by atomic mass is 31.0. The Kier molecular flexibility index (Phi) is 2.74. The van der Waals surface area contributed by atoms with Gasteiger partial charge < -0.3 is 0 Å². The zero-order chi connectivity index (χ0) is 9.97. The van der Waals surface area contributed by atoms with Gasteiger partial charge in [0.25, 0.3) is 0 Å². The zero-order valence-corrected chi connectivity index (χ0v) is 9.13. The molecular weight excluding hydrogens is 191 g/mol. The monoisotopic (exact) mass is 204 g/mol. The van der Waals surface area contributed by atoms with E-state index in [-0.39, 0.29) is 0 Å². The van der Waals surface area contributed by atoms with E-state index in [1.54, 1.807) is 0 Å². The summed E-state index contributed by atoms with van der Waals surface area (Å²) in [7, 11) is 2.66. The number of nitrogens with zero attached hydrogens (tertiary/aromatic N) is 2. The first-order chi connectivity index (χ1) is 6.79. The van der Waals surface area contributed by atoms with Crippen molar-refractivity contribution in [2.75, 3.05) is 0 Å². The van der Waals surface area contributed by atoms with E-state index in [4.69, 9.17) is 0 Å². The van der Waals surface area contributed by atoms with Crippen LogP contribution in [0.15, 0.2) is 34.3 Å². The fourth-order valence-corrected chi connectivity index (χ4v) is 1.47. The Morgan fingerprint density at radius 1 is 1.29 bits per heavy atom. The molecule has 0 radical (unpaired) electrons. The van der Waals surface area contributed by atoms with Crippen LogP contribution in [0.5, 0.6) is 0 Å². The second-order valence-electron chi connectivity index (χ2n) is 3.49. The molecule has 1 saturated carbocycles. The van der Waals surface area contributed by atoms with E-state index >= 15 is 0 Å². The van der Waals surface area contributed by atoms with E-state index in [2.05, 4.69) is 25.9 Å². The maximum atomic E-state index is 4.46. The summed E-state index contributed by atoms with van der Waals surface area (Å²) in [6, 6.07) is 8.04. The van der Waals surface area contributed by atoms with Gasteiger partial charge in [-0.1, -0.05) is 12.1 Å². The molecule has 14 heavy (non-hydrogen) atoms. The van der Waals surface area contributed by atoms with E-state index in [1.165, 1.54) is 18.1 Å². The summed E-state index contributed by atoms with van der Waals surface area (Å²) in [6.07, 6.45) is 2.42. The van der Waals surface area contributed by atoms with Crippen LogP contribution in [0.4, 0.5) is 5.69 Å². The first-order valence-electron chi connectivity index (χ1n) is 4.70. The third-order valence-electron chi connectivity index (χ3n) is 2.24. The Morgan fingerprint density at radius 2 is 1.93 bits per heavy atom. The molecule has 0 saturated heterocycles. The number of hydrogen-bond donors (Lipinski definition) is 0. The first-order valence-corrected chi connectivity index (χ1v) is 5.28. The standard InChI is InChI=1S/C11H13N2P/c1-12-11(8-2-3-8)13-9-4-6-10(14)7-5-9/h4-8H,1-3,14H2. The van der Waals surface area contributed by atoms with Crippen LogP contribution in [0.2, 0.25) is 0 Å². The molecule has 2 nitrogen and oxygen atoms in total. The summed E-state index contributed by atoms with van der Waals surface area (Å²) < 4.78 is 0. The van der Waals surface area contributed by atoms with Crippen molar-refractivity contribution in [1.29, 1.82) is 0 Å². The average Bonchev–Trinajstić information content (AvgIpc) is 3.01. The Morgan fingerprint density at radius 3 is 2.43 bits per heavy atom. The molecule has 1 fully saturated rings. The molecule has 72 valence electrons. The maximum absolute atomic E-state index is 4.46. The number of benzene rings is 1. The fraction of sp³-hybridized carbons (Fsp3) is 0.273. The van der Waals surface area contributed by atoms with Crippen molar-refractivity contribution in [3.8, 4) is 0 Å². The molecule has 1 unspecified atom stereocenters. The fourth-order valence-electron chi connectivity index (χ4n) is 1.28. The average molecular weight is 204 g/mol. The lowest BCUT2D eigenvalue weighted by molar-refractivity contribution is 1.16. The summed E-state index contributed by atoms with van der Waals surface area (Å²) in [4.78, 5) is 8.42. The predicted molar refractivity (Wildman–Crippen MR) is 65.2 cm³/mol. The highest BCUT2D eigenvalue weighted by molar-refractivity contribution is 7.27. The molecule has 1 aliphatic rings. The van der Waals surface area contributed by atoms with E-state index in [9.17, 15) is 0 Å². The minimum absolute atomic E-state index is 0.558. The van der Waals surface area contributed by atoms with Crippen molar-refractivity contribution in [2.24, 2.45) is 15.9 Å². The van der Waals surface area contributed by atoms with Crippen LogP contribution in [-0.4, -0.2) is 12.6 Å². The van der Waals surface area contributed by atoms with Crippen molar-refractivity contribution in [3.05, 3.63) is 24.3 Å². The number of rotatable bonds is 2. The summed E-state index contributed by atoms with van der Waals surface area (Å²) in [5.74, 6) is 1.45. The lowest BCUT2D eigenvalue weighted by Crippen LogP contribution is -1.95. The van der Waals surface area contributed by atoms with Gasteiger partial charge in [-0.3, -0.25) is 0 Å². The van der Waals surface area contributed by atoms with Gasteiger partial charge in [0.1, 0.15) is 5.84 Å². The summed E-state index contributed by atoms with van der Waals surface area (Å²) in [6.45, 7) is 3.55. The van der Waals surface area contributed by atoms with Crippen molar-refractivity contribution in [3.63, 3.8) is 0 Å². The van der Waals surface area contributed by atoms with Gasteiger partial charge in [0.05, 0.1) is 5.69 Å². The van der Waals surface area contributed by atoms with Gasteiger partial charge in [0, 0.05) is 5.92 Å². The Balaban J connectivity index is 2.21. The third kappa shape index (κ3) is 2.27. The van der Waals surface area contributed by atoms with Crippen LogP contribution < -0.4 is 5.30 Å². The topological polar surface area (TPSA) is 24.7 Å². The van der Waals surface area contributed by atoms with Crippen molar-refractivity contribution >= 4 is 32.8 Å². The second kappa shape index (κ2) is 4.02. The normalized spacial score (nSPS) is 16.8. The van der Waals surface area contributed by atoms with Crippen LogP contribution >= 0.6 is 9.24 Å². The van der Waals surface area contributed by atoms with Gasteiger partial charge in [0.15, 0.2) is 0 Å². The third-order valence-corrected chi connectivity index (χ3v) is 2.63. The maximum Gasteiger partial charge on any atom is 0.131 e. The van der Waals surface area contributed by atoms with Crippen LogP contribution in [0.1, 0.15) is 12.8 Å². The van der Waals surface area contributed by atoms with Crippen molar-refractivity contribution in [2.45, 2.75) is 12.8 Å². The quantitative estimate of drug-likeness (QED) is 0.401. The molecular formula is C11H13N2P. The van der Waals surface area contributed by atoms with Crippen molar-refractivity contribution < 1.29 is 0 Å². The molecule has 1 aromatic carbocycles. The molecule has 0 amide bonds. The van der Waals surface area contributed by atoms with Gasteiger partial charge >= 0.3 is 0 Å². The molecule has 0 heterocycles. The zero-order valence-electron chi connectivity index (χ0n) is 7.98. The molecule has 2 rings (SSSR count). The predicted octanol–water partition coefficient (Wildman–Crippen LogP) is 2.33. The van der Waals surface area contributed by atoms with Gasteiger partial charge in [-0.25, -0.2) is 9.98 Å². The smallest absolute Gasteiger partial charge is 0.131 e. The van der Waals surface area contributed by atoms with Crippen LogP contribution in [0.3, 0.4) is 0 Å². The Labute approximate surface area is 86.4 Å². The second-order valence-corrected chi connectivity index (χ2v) is 4.16. The van der Waals surface area contributed by atoms with Crippen LogP contribution in [-0.2, 0) is 0 Å². The highest BCUT2D eigenvalue weighted by Gasteiger charge is 2.26. The van der Waals surface area contributed by atoms with E-state index < -0.39 is 0 Å². The molecule has 0 aliphatic heterocycles. The first kappa shape index (κ1) is 9.54. The van der Waals surface area contributed by atoms with Gasteiger partial charge in [-0.15, -0.1) is 9.24 Å². The molecule has 1 aliphatic carbocycles. The summed E-state index contributed by atoms with van der Waals surface area (Å²) in [5.41, 5.74) is 0.963.